The summed E-state index contributed by atoms with van der Waals surface area (Å²) < 4.78 is 5.35. The summed E-state index contributed by atoms with van der Waals surface area (Å²) in [7, 11) is 0. The predicted octanol–water partition coefficient (Wildman–Crippen LogP) is 3.98. The smallest absolute Gasteiger partial charge is 0.408 e. The van der Waals surface area contributed by atoms with Gasteiger partial charge in [-0.2, -0.15) is 0 Å². The topological polar surface area (TPSA) is 146 Å². The second kappa shape index (κ2) is 15.9. The summed E-state index contributed by atoms with van der Waals surface area (Å²) in [6.07, 6.45) is 2.15. The Labute approximate surface area is 277 Å². The number of amides is 5. The zero-order chi connectivity index (χ0) is 34.1. The molecule has 2 aromatic carbocycles. The van der Waals surface area contributed by atoms with E-state index in [1.165, 1.54) is 0 Å². The van der Waals surface area contributed by atoms with Crippen LogP contribution in [0.1, 0.15) is 90.3 Å². The average Bonchev–Trinajstić information content (AvgIpc) is 3.43. The molecule has 2 aromatic rings. The Morgan fingerprint density at radius 1 is 0.872 bits per heavy atom. The molecule has 0 spiro atoms. The number of rotatable bonds is 11. The first kappa shape index (κ1) is 35.4. The van der Waals surface area contributed by atoms with Crippen LogP contribution in [0, 0.1) is 5.92 Å². The van der Waals surface area contributed by atoms with E-state index in [4.69, 9.17) is 4.74 Å². The average molecular weight is 648 g/mol. The van der Waals surface area contributed by atoms with Crippen molar-refractivity contribution in [2.45, 2.75) is 109 Å². The van der Waals surface area contributed by atoms with E-state index in [1.54, 1.807) is 39.5 Å². The monoisotopic (exact) mass is 647 g/mol. The minimum absolute atomic E-state index is 0.157. The van der Waals surface area contributed by atoms with Crippen LogP contribution in [0.5, 0.6) is 0 Å². The number of carbonyl (C=O) groups is 5. The number of ether oxygens (including phenoxy) is 1. The maximum Gasteiger partial charge on any atom is 0.408 e. The van der Waals surface area contributed by atoms with Crippen molar-refractivity contribution in [1.29, 1.82) is 0 Å². The molecule has 5 amide bonds. The van der Waals surface area contributed by atoms with Gasteiger partial charge in [-0.05, 0) is 64.0 Å². The van der Waals surface area contributed by atoms with Gasteiger partial charge in [-0.1, -0.05) is 74.5 Å². The highest BCUT2D eigenvalue weighted by Gasteiger charge is 2.48. The molecule has 2 saturated heterocycles. The van der Waals surface area contributed by atoms with Crippen molar-refractivity contribution in [3.8, 4) is 0 Å². The van der Waals surface area contributed by atoms with E-state index in [0.717, 1.165) is 11.1 Å². The molecule has 2 aliphatic rings. The summed E-state index contributed by atoms with van der Waals surface area (Å²) >= 11 is 0. The fourth-order valence-corrected chi connectivity index (χ4v) is 6.41. The quantitative estimate of drug-likeness (QED) is 0.290. The summed E-state index contributed by atoms with van der Waals surface area (Å²) in [6.45, 7) is 8.89. The van der Waals surface area contributed by atoms with Crippen molar-refractivity contribution in [2.24, 2.45) is 5.92 Å². The number of benzene rings is 2. The van der Waals surface area contributed by atoms with Crippen LogP contribution in [-0.4, -0.2) is 70.9 Å². The van der Waals surface area contributed by atoms with E-state index in [0.29, 0.717) is 25.7 Å². The van der Waals surface area contributed by atoms with Crippen molar-refractivity contribution in [1.82, 2.24) is 26.2 Å². The molecule has 2 aliphatic heterocycles. The van der Waals surface area contributed by atoms with Gasteiger partial charge in [-0.25, -0.2) is 4.79 Å². The fourth-order valence-electron chi connectivity index (χ4n) is 6.41. The molecule has 4 N–H and O–H groups in total. The fraction of sp³-hybridized carbons (Fsp3) is 0.528. The highest BCUT2D eigenvalue weighted by molar-refractivity contribution is 5.95. The molecule has 2 fully saturated rings. The summed E-state index contributed by atoms with van der Waals surface area (Å²) in [5.41, 5.74) is 1.09. The van der Waals surface area contributed by atoms with Crippen LogP contribution in [0.3, 0.4) is 0 Å². The van der Waals surface area contributed by atoms with Gasteiger partial charge in [-0.3, -0.25) is 19.2 Å². The van der Waals surface area contributed by atoms with Gasteiger partial charge in [0.15, 0.2) is 0 Å². The van der Waals surface area contributed by atoms with Crippen LogP contribution in [0.2, 0.25) is 0 Å². The lowest BCUT2D eigenvalue weighted by molar-refractivity contribution is -0.144. The molecule has 0 aromatic heterocycles. The van der Waals surface area contributed by atoms with Gasteiger partial charge < -0.3 is 30.9 Å². The second-order valence-electron chi connectivity index (χ2n) is 13.3. The maximum atomic E-state index is 14.5. The number of carbonyl (C=O) groups excluding carboxylic acids is 5. The molecule has 0 aliphatic carbocycles. The third kappa shape index (κ3) is 9.33. The molecular formula is C36H49N5O6. The van der Waals surface area contributed by atoms with Crippen molar-refractivity contribution < 1.29 is 28.7 Å². The third-order valence-electron chi connectivity index (χ3n) is 8.82. The first-order chi connectivity index (χ1) is 22.4. The molecule has 0 radical (unpaired) electrons. The van der Waals surface area contributed by atoms with Crippen LogP contribution in [0.25, 0.3) is 0 Å². The Morgan fingerprint density at radius 2 is 1.47 bits per heavy atom. The SMILES string of the molecule is CCC(=O)NC[C@H]1CC[C@H]2CC[C@@H](C(=O)NC(c3ccccc3)c3ccccc3)N2C(=O)[C@H]1NC(=O)[C@H](CC)NC(=O)OC(C)(C)C. The van der Waals surface area contributed by atoms with Gasteiger partial charge in [0.25, 0.3) is 0 Å². The molecule has 0 bridgehead atoms. The minimum atomic E-state index is -1.01. The summed E-state index contributed by atoms with van der Waals surface area (Å²) in [6, 6.07) is 16.1. The standard InChI is InChI=1S/C36H49N5O6/c1-6-27(38-35(46)47-36(3,4)5)32(43)40-31-25(22-37-29(42)7-2)18-19-26-20-21-28(41(26)34(31)45)33(44)39-30(23-14-10-8-11-15-23)24-16-12-9-13-17-24/h8-17,25-28,30-31H,6-7,18-22H2,1-5H3,(H,37,42)(H,38,46)(H,39,44)(H,40,43)/t25-,26+,27+,28+,31+/m1/s1. The van der Waals surface area contributed by atoms with Gasteiger partial charge in [0, 0.05) is 24.9 Å². The van der Waals surface area contributed by atoms with Crippen molar-refractivity contribution in [2.75, 3.05) is 6.54 Å². The highest BCUT2D eigenvalue weighted by atomic mass is 16.6. The van der Waals surface area contributed by atoms with E-state index in [1.807, 2.05) is 60.7 Å². The van der Waals surface area contributed by atoms with E-state index >= 15 is 0 Å². The summed E-state index contributed by atoms with van der Waals surface area (Å²) in [5.74, 6) is -1.72. The second-order valence-corrected chi connectivity index (χ2v) is 13.3. The van der Waals surface area contributed by atoms with Gasteiger partial charge in [0.2, 0.25) is 23.6 Å². The van der Waals surface area contributed by atoms with Crippen LogP contribution in [0.4, 0.5) is 4.79 Å². The Bertz CT molecular complexity index is 1360. The van der Waals surface area contributed by atoms with Gasteiger partial charge in [0.1, 0.15) is 23.7 Å². The number of fused-ring (bicyclic) bond motifs is 1. The normalized spacial score (nSPS) is 21.7. The van der Waals surface area contributed by atoms with Gasteiger partial charge in [-0.15, -0.1) is 0 Å². The minimum Gasteiger partial charge on any atom is -0.444 e. The lowest BCUT2D eigenvalue weighted by atomic mass is 9.92. The molecule has 11 nitrogen and oxygen atoms in total. The lowest BCUT2D eigenvalue weighted by Crippen LogP contribution is -2.59. The summed E-state index contributed by atoms with van der Waals surface area (Å²) in [4.78, 5) is 68.5. The Kier molecular flexibility index (Phi) is 12.0. The van der Waals surface area contributed by atoms with E-state index in [2.05, 4.69) is 21.3 Å². The molecule has 5 atom stereocenters. The van der Waals surface area contributed by atoms with Gasteiger partial charge in [0.05, 0.1) is 6.04 Å². The van der Waals surface area contributed by atoms with E-state index in [-0.39, 0.29) is 43.1 Å². The van der Waals surface area contributed by atoms with E-state index in [9.17, 15) is 24.0 Å². The predicted molar refractivity (Wildman–Crippen MR) is 178 cm³/mol. The first-order valence-corrected chi connectivity index (χ1v) is 16.7. The summed E-state index contributed by atoms with van der Waals surface area (Å²) in [5, 5.41) is 11.6. The molecule has 47 heavy (non-hydrogen) atoms. The van der Waals surface area contributed by atoms with E-state index < -0.39 is 47.7 Å². The molecule has 11 heteroatoms. The third-order valence-corrected chi connectivity index (χ3v) is 8.82. The van der Waals surface area contributed by atoms with Crippen LogP contribution in [-0.2, 0) is 23.9 Å². The van der Waals surface area contributed by atoms with Gasteiger partial charge >= 0.3 is 6.09 Å². The Morgan fingerprint density at radius 3 is 2.02 bits per heavy atom. The Balaban J connectivity index is 1.58. The number of hydrogen-bond acceptors (Lipinski definition) is 6. The molecule has 2 heterocycles. The molecule has 0 unspecified atom stereocenters. The highest BCUT2D eigenvalue weighted by Crippen LogP contribution is 2.35. The lowest BCUT2D eigenvalue weighted by Gasteiger charge is -2.33. The first-order valence-electron chi connectivity index (χ1n) is 16.7. The van der Waals surface area contributed by atoms with Crippen LogP contribution in [0.15, 0.2) is 60.7 Å². The Hall–Kier alpha value is -4.41. The zero-order valence-electron chi connectivity index (χ0n) is 28.1. The van der Waals surface area contributed by atoms with Crippen LogP contribution >= 0.6 is 0 Å². The van der Waals surface area contributed by atoms with Crippen molar-refractivity contribution >= 4 is 29.7 Å². The van der Waals surface area contributed by atoms with Crippen LogP contribution < -0.4 is 21.3 Å². The number of alkyl carbamates (subject to hydrolysis) is 1. The number of nitrogens with one attached hydrogen (secondary N) is 4. The molecular weight excluding hydrogens is 598 g/mol. The molecule has 0 saturated carbocycles. The number of nitrogens with zero attached hydrogens (tertiary/aromatic N) is 1. The molecule has 254 valence electrons. The number of hydrogen-bond donors (Lipinski definition) is 4. The van der Waals surface area contributed by atoms with Crippen molar-refractivity contribution in [3.63, 3.8) is 0 Å². The van der Waals surface area contributed by atoms with Crippen molar-refractivity contribution in [3.05, 3.63) is 71.8 Å². The maximum absolute atomic E-state index is 14.5. The largest absolute Gasteiger partial charge is 0.444 e. The zero-order valence-corrected chi connectivity index (χ0v) is 28.1. The molecule has 4 rings (SSSR count).